The topological polar surface area (TPSA) is 48.1 Å². The number of hydrogen-bond donors (Lipinski definition) is 1. The second kappa shape index (κ2) is 4.89. The Hall–Kier alpha value is -1.00. The predicted octanol–water partition coefficient (Wildman–Crippen LogP) is 0.737. The van der Waals surface area contributed by atoms with Crippen molar-refractivity contribution in [3.05, 3.63) is 29.8 Å². The SMILES string of the molecule is COCC(N)Cc1ncccc1F. The van der Waals surface area contributed by atoms with E-state index in [0.717, 1.165) is 0 Å². The second-order valence-corrected chi connectivity index (χ2v) is 2.85. The molecule has 0 saturated heterocycles. The van der Waals surface area contributed by atoms with Crippen LogP contribution in [-0.4, -0.2) is 24.7 Å². The number of nitrogens with two attached hydrogens (primary N) is 1. The number of pyridine rings is 1. The summed E-state index contributed by atoms with van der Waals surface area (Å²) in [6.45, 7) is 0.413. The number of halogens is 1. The second-order valence-electron chi connectivity index (χ2n) is 2.85. The molecule has 0 spiro atoms. The number of hydrogen-bond acceptors (Lipinski definition) is 3. The van der Waals surface area contributed by atoms with Crippen molar-refractivity contribution in [1.29, 1.82) is 0 Å². The molecule has 0 saturated carbocycles. The van der Waals surface area contributed by atoms with E-state index in [1.807, 2.05) is 0 Å². The van der Waals surface area contributed by atoms with Gasteiger partial charge in [-0.25, -0.2) is 4.39 Å². The van der Waals surface area contributed by atoms with E-state index < -0.39 is 0 Å². The summed E-state index contributed by atoms with van der Waals surface area (Å²) in [5.74, 6) is -0.311. The molecule has 0 aliphatic heterocycles. The van der Waals surface area contributed by atoms with Crippen LogP contribution in [0.2, 0.25) is 0 Å². The summed E-state index contributed by atoms with van der Waals surface area (Å²) in [4.78, 5) is 3.89. The van der Waals surface area contributed by atoms with Crippen molar-refractivity contribution in [1.82, 2.24) is 4.98 Å². The Balaban J connectivity index is 2.58. The van der Waals surface area contributed by atoms with E-state index in [-0.39, 0.29) is 11.9 Å². The number of nitrogens with zero attached hydrogens (tertiary/aromatic N) is 1. The van der Waals surface area contributed by atoms with Crippen LogP contribution in [0.15, 0.2) is 18.3 Å². The number of rotatable bonds is 4. The maximum absolute atomic E-state index is 13.0. The first-order valence-electron chi connectivity index (χ1n) is 4.08. The quantitative estimate of drug-likeness (QED) is 0.750. The molecule has 4 heteroatoms. The Morgan fingerprint density at radius 2 is 2.46 bits per heavy atom. The average Bonchev–Trinajstić information content (AvgIpc) is 2.09. The molecule has 0 aliphatic rings. The van der Waals surface area contributed by atoms with Gasteiger partial charge in [-0.3, -0.25) is 4.98 Å². The lowest BCUT2D eigenvalue weighted by molar-refractivity contribution is 0.179. The lowest BCUT2D eigenvalue weighted by Crippen LogP contribution is -2.28. The molecule has 1 heterocycles. The molecule has 0 amide bonds. The number of methoxy groups -OCH3 is 1. The van der Waals surface area contributed by atoms with Gasteiger partial charge in [-0.15, -0.1) is 0 Å². The van der Waals surface area contributed by atoms with Crippen LogP contribution in [0.3, 0.4) is 0 Å². The largest absolute Gasteiger partial charge is 0.383 e. The van der Waals surface area contributed by atoms with Gasteiger partial charge in [-0.05, 0) is 12.1 Å². The summed E-state index contributed by atoms with van der Waals surface area (Å²) in [5.41, 5.74) is 6.05. The van der Waals surface area contributed by atoms with Gasteiger partial charge in [-0.1, -0.05) is 0 Å². The summed E-state index contributed by atoms with van der Waals surface area (Å²) >= 11 is 0. The fourth-order valence-corrected chi connectivity index (χ4v) is 1.09. The highest BCUT2D eigenvalue weighted by molar-refractivity contribution is 5.08. The van der Waals surface area contributed by atoms with Gasteiger partial charge in [0.15, 0.2) is 0 Å². The minimum Gasteiger partial charge on any atom is -0.383 e. The van der Waals surface area contributed by atoms with E-state index in [1.54, 1.807) is 19.4 Å². The highest BCUT2D eigenvalue weighted by atomic mass is 19.1. The van der Waals surface area contributed by atoms with E-state index in [1.165, 1.54) is 6.07 Å². The van der Waals surface area contributed by atoms with E-state index >= 15 is 0 Å². The van der Waals surface area contributed by atoms with Crippen molar-refractivity contribution in [3.63, 3.8) is 0 Å². The lowest BCUT2D eigenvalue weighted by atomic mass is 10.1. The molecule has 1 rings (SSSR count). The molecule has 1 aromatic rings. The Labute approximate surface area is 76.7 Å². The highest BCUT2D eigenvalue weighted by Crippen LogP contribution is 2.04. The Morgan fingerprint density at radius 1 is 1.69 bits per heavy atom. The van der Waals surface area contributed by atoms with Gasteiger partial charge in [0.2, 0.25) is 0 Å². The van der Waals surface area contributed by atoms with E-state index in [9.17, 15) is 4.39 Å². The van der Waals surface area contributed by atoms with Crippen LogP contribution in [0, 0.1) is 5.82 Å². The average molecular weight is 184 g/mol. The molecule has 13 heavy (non-hydrogen) atoms. The third kappa shape index (κ3) is 3.08. The normalized spacial score (nSPS) is 12.8. The first-order valence-corrected chi connectivity index (χ1v) is 4.08. The van der Waals surface area contributed by atoms with Crippen molar-refractivity contribution in [2.75, 3.05) is 13.7 Å². The van der Waals surface area contributed by atoms with E-state index in [2.05, 4.69) is 4.98 Å². The first-order chi connectivity index (χ1) is 6.24. The van der Waals surface area contributed by atoms with Crippen LogP contribution >= 0.6 is 0 Å². The molecule has 2 N–H and O–H groups in total. The van der Waals surface area contributed by atoms with Crippen LogP contribution in [0.5, 0.6) is 0 Å². The summed E-state index contributed by atoms with van der Waals surface area (Å²) < 4.78 is 17.9. The van der Waals surface area contributed by atoms with Crippen LogP contribution in [-0.2, 0) is 11.2 Å². The van der Waals surface area contributed by atoms with Gasteiger partial charge in [0.05, 0.1) is 12.3 Å². The summed E-state index contributed by atoms with van der Waals surface area (Å²) in [5, 5.41) is 0. The maximum atomic E-state index is 13.0. The third-order valence-corrected chi connectivity index (χ3v) is 1.67. The van der Waals surface area contributed by atoms with Gasteiger partial charge in [-0.2, -0.15) is 0 Å². The van der Waals surface area contributed by atoms with Crippen LogP contribution in [0.1, 0.15) is 5.69 Å². The van der Waals surface area contributed by atoms with Crippen molar-refractivity contribution >= 4 is 0 Å². The monoisotopic (exact) mass is 184 g/mol. The molecule has 0 bridgehead atoms. The maximum Gasteiger partial charge on any atom is 0.144 e. The van der Waals surface area contributed by atoms with E-state index in [0.29, 0.717) is 18.7 Å². The van der Waals surface area contributed by atoms with Crippen molar-refractivity contribution in [2.24, 2.45) is 5.73 Å². The van der Waals surface area contributed by atoms with Gasteiger partial charge in [0.1, 0.15) is 5.82 Å². The molecule has 72 valence electrons. The molecule has 0 aliphatic carbocycles. The standard InChI is InChI=1S/C9H13FN2O/c1-13-6-7(11)5-9-8(10)3-2-4-12-9/h2-4,7H,5-6,11H2,1H3. The van der Waals surface area contributed by atoms with Crippen molar-refractivity contribution in [2.45, 2.75) is 12.5 Å². The number of ether oxygens (including phenoxy) is 1. The summed E-state index contributed by atoms with van der Waals surface area (Å²) in [6, 6.07) is 2.73. The molecule has 1 atom stereocenters. The van der Waals surface area contributed by atoms with Crippen molar-refractivity contribution < 1.29 is 9.13 Å². The van der Waals surface area contributed by atoms with E-state index in [4.69, 9.17) is 10.5 Å². The van der Waals surface area contributed by atoms with Crippen LogP contribution < -0.4 is 5.73 Å². The first kappa shape index (κ1) is 10.1. The highest BCUT2D eigenvalue weighted by Gasteiger charge is 2.08. The predicted molar refractivity (Wildman–Crippen MR) is 47.8 cm³/mol. The molecule has 1 aromatic heterocycles. The molecule has 3 nitrogen and oxygen atoms in total. The minimum atomic E-state index is -0.311. The minimum absolute atomic E-state index is 0.200. The molecular weight excluding hydrogens is 171 g/mol. The van der Waals surface area contributed by atoms with Crippen LogP contribution in [0.25, 0.3) is 0 Å². The van der Waals surface area contributed by atoms with Gasteiger partial charge >= 0.3 is 0 Å². The molecule has 0 radical (unpaired) electrons. The Bertz CT molecular complexity index is 268. The fourth-order valence-electron chi connectivity index (χ4n) is 1.09. The van der Waals surface area contributed by atoms with Gasteiger partial charge in [0.25, 0.3) is 0 Å². The smallest absolute Gasteiger partial charge is 0.144 e. The zero-order chi connectivity index (χ0) is 9.68. The molecular formula is C9H13FN2O. The third-order valence-electron chi connectivity index (χ3n) is 1.67. The summed E-state index contributed by atoms with van der Waals surface area (Å²) in [6.07, 6.45) is 1.96. The molecule has 0 fully saturated rings. The van der Waals surface area contributed by atoms with Crippen molar-refractivity contribution in [3.8, 4) is 0 Å². The Kier molecular flexibility index (Phi) is 3.79. The molecule has 0 aromatic carbocycles. The van der Waals surface area contributed by atoms with Crippen LogP contribution in [0.4, 0.5) is 4.39 Å². The number of aromatic nitrogens is 1. The Morgan fingerprint density at radius 3 is 3.08 bits per heavy atom. The van der Waals surface area contributed by atoms with Gasteiger partial charge < -0.3 is 10.5 Å². The van der Waals surface area contributed by atoms with Gasteiger partial charge in [0, 0.05) is 25.8 Å². The fraction of sp³-hybridized carbons (Fsp3) is 0.444. The molecule has 1 unspecified atom stereocenters. The summed E-state index contributed by atoms with van der Waals surface area (Å²) in [7, 11) is 1.56. The lowest BCUT2D eigenvalue weighted by Gasteiger charge is -2.09. The zero-order valence-corrected chi connectivity index (χ0v) is 7.53. The zero-order valence-electron chi connectivity index (χ0n) is 7.53.